The second-order valence-corrected chi connectivity index (χ2v) is 5.68. The van der Waals surface area contributed by atoms with Crippen LogP contribution in [0.5, 0.6) is 0 Å². The molecule has 1 fully saturated rings. The van der Waals surface area contributed by atoms with E-state index in [0.29, 0.717) is 0 Å². The van der Waals surface area contributed by atoms with Crippen LogP contribution >= 0.6 is 0 Å². The first-order valence-electron chi connectivity index (χ1n) is 7.99. The number of esters is 5. The number of hydrogen-bond donors (Lipinski definition) is 0. The fourth-order valence-electron chi connectivity index (χ4n) is 2.45. The van der Waals surface area contributed by atoms with Gasteiger partial charge in [0.2, 0.25) is 12.4 Å². The molecular formula is C16H22O11. The molecule has 0 N–H and O–H groups in total. The Labute approximate surface area is 155 Å². The van der Waals surface area contributed by atoms with Crippen molar-refractivity contribution in [3.05, 3.63) is 0 Å². The minimum absolute atomic E-state index is 0.393. The third-order valence-corrected chi connectivity index (χ3v) is 3.23. The number of carbonyl (C=O) groups excluding carboxylic acids is 5. The van der Waals surface area contributed by atoms with Gasteiger partial charge < -0.3 is 28.4 Å². The first-order valence-corrected chi connectivity index (χ1v) is 7.99. The monoisotopic (exact) mass is 396 g/mol. The summed E-state index contributed by atoms with van der Waals surface area (Å²) in [7, 11) is 0. The maximum atomic E-state index is 11.5. The SMILES string of the molecule is CC(=O)O[13CH2][13C@H]1O[13C@@H](OC(C)=O)[13C@H](OC(C)=O)[13C@@H](OC(C)=O)[13C@@H]1OC(C)=O. The normalized spacial score (nSPS) is 27.1. The average Bonchev–Trinajstić information content (AvgIpc) is 2.49. The molecule has 1 aliphatic heterocycles. The number of hydrogen-bond acceptors (Lipinski definition) is 11. The van der Waals surface area contributed by atoms with E-state index in [2.05, 4.69) is 0 Å². The predicted octanol–water partition coefficient (Wildman–Crippen LogP) is -0.367. The summed E-state index contributed by atoms with van der Waals surface area (Å²) >= 11 is 0. The minimum Gasteiger partial charge on any atom is -0.463 e. The van der Waals surface area contributed by atoms with E-state index in [4.69, 9.17) is 28.4 Å². The fourth-order valence-corrected chi connectivity index (χ4v) is 2.45. The van der Waals surface area contributed by atoms with Gasteiger partial charge in [0.1, 0.15) is 12.7 Å². The quantitative estimate of drug-likeness (QED) is 0.330. The Bertz CT molecular complexity index is 599. The third kappa shape index (κ3) is 7.21. The molecule has 27 heavy (non-hydrogen) atoms. The van der Waals surface area contributed by atoms with Gasteiger partial charge in [-0.1, -0.05) is 0 Å². The number of ether oxygens (including phenoxy) is 6. The average molecular weight is 396 g/mol. The molecule has 1 rings (SSSR count). The lowest BCUT2D eigenvalue weighted by Crippen LogP contribution is -2.63. The lowest BCUT2D eigenvalue weighted by Gasteiger charge is -2.43. The third-order valence-electron chi connectivity index (χ3n) is 3.23. The zero-order chi connectivity index (χ0) is 20.7. The van der Waals surface area contributed by atoms with E-state index < -0.39 is 67.2 Å². The molecule has 0 aromatic rings. The predicted molar refractivity (Wildman–Crippen MR) is 83.7 cm³/mol. The molecule has 11 heteroatoms. The van der Waals surface area contributed by atoms with Crippen LogP contribution in [0.1, 0.15) is 34.6 Å². The number of carbonyl (C=O) groups is 5. The minimum atomic E-state index is -1.48. The molecular weight excluding hydrogens is 374 g/mol. The summed E-state index contributed by atoms with van der Waals surface area (Å²) < 4.78 is 30.8. The van der Waals surface area contributed by atoms with E-state index in [1.807, 2.05) is 0 Å². The Morgan fingerprint density at radius 1 is 0.630 bits per heavy atom. The van der Waals surface area contributed by atoms with Crippen LogP contribution < -0.4 is 0 Å². The highest BCUT2D eigenvalue weighted by atomic mass is 16.9. The molecule has 1 aliphatic rings. The van der Waals surface area contributed by atoms with Crippen molar-refractivity contribution in [2.75, 3.05) is 6.61 Å². The van der Waals surface area contributed by atoms with E-state index in [9.17, 15) is 24.0 Å². The molecule has 0 saturated carbocycles. The first kappa shape index (κ1) is 22.4. The van der Waals surface area contributed by atoms with Crippen LogP contribution in [0, 0.1) is 0 Å². The summed E-state index contributed by atoms with van der Waals surface area (Å²) in [6.07, 6.45) is -6.70. The molecule has 0 aromatic heterocycles. The molecule has 11 nitrogen and oxygen atoms in total. The second-order valence-electron chi connectivity index (χ2n) is 5.68. The van der Waals surface area contributed by atoms with Crippen LogP contribution in [0.2, 0.25) is 0 Å². The Balaban J connectivity index is 3.29. The van der Waals surface area contributed by atoms with Crippen molar-refractivity contribution < 1.29 is 52.4 Å². The van der Waals surface area contributed by atoms with Gasteiger partial charge in [-0.3, -0.25) is 24.0 Å². The smallest absolute Gasteiger partial charge is 0.305 e. The Morgan fingerprint density at radius 2 is 1.07 bits per heavy atom. The van der Waals surface area contributed by atoms with Gasteiger partial charge >= 0.3 is 29.8 Å². The number of rotatable bonds is 6. The van der Waals surface area contributed by atoms with Crippen LogP contribution in [0.25, 0.3) is 0 Å². The highest BCUT2D eigenvalue weighted by molar-refractivity contribution is 5.69. The van der Waals surface area contributed by atoms with Crippen LogP contribution in [-0.2, 0) is 52.4 Å². The fraction of sp³-hybridized carbons (Fsp3) is 0.688. The molecule has 0 aliphatic carbocycles. The summed E-state index contributed by atoms with van der Waals surface area (Å²) in [6, 6.07) is 0. The van der Waals surface area contributed by atoms with Crippen LogP contribution in [-0.4, -0.2) is 67.2 Å². The van der Waals surface area contributed by atoms with Crippen LogP contribution in [0.3, 0.4) is 0 Å². The van der Waals surface area contributed by atoms with Gasteiger partial charge in [0.25, 0.3) is 0 Å². The van der Waals surface area contributed by atoms with E-state index in [-0.39, 0.29) is 0 Å². The van der Waals surface area contributed by atoms with Gasteiger partial charge in [-0.05, 0) is 0 Å². The van der Waals surface area contributed by atoms with Crippen molar-refractivity contribution >= 4 is 29.8 Å². The molecule has 0 bridgehead atoms. The summed E-state index contributed by atoms with van der Waals surface area (Å²) in [5.74, 6) is -3.71. The standard InChI is InChI=1S/C16H22O11/c1-7(17)22-6-12-13(23-8(2)18)14(24-9(3)19)15(25-10(4)20)16(27-12)26-11(5)21/h12-16H,6H2,1-5H3/t12-,13-,14+,15-,16-/m1/s1/i6+1,12+1,13+1,14+1,15+1,16+1. The van der Waals surface area contributed by atoms with E-state index in [1.165, 1.54) is 0 Å². The molecule has 0 aromatic carbocycles. The summed E-state index contributed by atoms with van der Waals surface area (Å²) in [5.41, 5.74) is 0. The van der Waals surface area contributed by atoms with Crippen LogP contribution in [0.15, 0.2) is 0 Å². The van der Waals surface area contributed by atoms with Gasteiger partial charge in [0, 0.05) is 34.6 Å². The molecule has 5 atom stereocenters. The highest BCUT2D eigenvalue weighted by Gasteiger charge is 2.53. The lowest BCUT2D eigenvalue weighted by molar-refractivity contribution is -0.300. The molecule has 0 amide bonds. The Kier molecular flexibility index (Phi) is 8.16. The summed E-state index contributed by atoms with van der Waals surface area (Å²) in [4.78, 5) is 57.0. The largest absolute Gasteiger partial charge is 0.463 e. The van der Waals surface area contributed by atoms with Gasteiger partial charge in [-0.2, -0.15) is 0 Å². The molecule has 0 spiro atoms. The van der Waals surface area contributed by atoms with Gasteiger partial charge in [0.05, 0.1) is 0 Å². The van der Waals surface area contributed by atoms with Crippen molar-refractivity contribution in [3.8, 4) is 0 Å². The van der Waals surface area contributed by atoms with Gasteiger partial charge in [-0.15, -0.1) is 0 Å². The van der Waals surface area contributed by atoms with Crippen molar-refractivity contribution in [1.82, 2.24) is 0 Å². The lowest BCUT2D eigenvalue weighted by atomic mass is 10.8. The molecule has 1 heterocycles. The molecule has 0 unspecified atom stereocenters. The highest BCUT2D eigenvalue weighted by Crippen LogP contribution is 2.29. The maximum absolute atomic E-state index is 11.5. The van der Waals surface area contributed by atoms with Gasteiger partial charge in [0.15, 0.2) is 12.2 Å². The van der Waals surface area contributed by atoms with Gasteiger partial charge in [-0.25, -0.2) is 0 Å². The molecule has 0 radical (unpaired) electrons. The van der Waals surface area contributed by atoms with Crippen molar-refractivity contribution in [2.45, 2.75) is 65.3 Å². The molecule has 1 saturated heterocycles. The summed E-state index contributed by atoms with van der Waals surface area (Å²) in [5, 5.41) is 0. The van der Waals surface area contributed by atoms with Crippen molar-refractivity contribution in [1.29, 1.82) is 0 Å². The van der Waals surface area contributed by atoms with Crippen molar-refractivity contribution in [2.24, 2.45) is 0 Å². The zero-order valence-electron chi connectivity index (χ0n) is 15.6. The molecule has 152 valence electrons. The topological polar surface area (TPSA) is 141 Å². The maximum Gasteiger partial charge on any atom is 0.305 e. The van der Waals surface area contributed by atoms with E-state index in [1.54, 1.807) is 0 Å². The van der Waals surface area contributed by atoms with Crippen molar-refractivity contribution in [3.63, 3.8) is 0 Å². The Morgan fingerprint density at radius 3 is 1.52 bits per heavy atom. The van der Waals surface area contributed by atoms with E-state index >= 15 is 0 Å². The summed E-state index contributed by atoms with van der Waals surface area (Å²) in [6.45, 7) is 5.13. The second kappa shape index (κ2) is 9.86. The Hall–Kier alpha value is -2.69. The first-order chi connectivity index (χ1) is 12.5. The zero-order valence-corrected chi connectivity index (χ0v) is 15.6. The van der Waals surface area contributed by atoms with E-state index in [0.717, 1.165) is 34.6 Å². The van der Waals surface area contributed by atoms with Crippen LogP contribution in [0.4, 0.5) is 0 Å².